The molecule has 0 fully saturated rings. The molecular formula is C16H26N6O. The molecule has 1 aliphatic rings. The number of hydrogen-bond donors (Lipinski definition) is 1. The Bertz CT molecular complexity index is 634. The maximum atomic E-state index is 5.39. The minimum Gasteiger partial charge on any atom is -0.338 e. The SMILES string of the molecule is CCCCc1noc([C@@H](C)N[C@H](C)c2nnc3n2CCCC3)n1. The topological polar surface area (TPSA) is 81.7 Å². The third-order valence-corrected chi connectivity index (χ3v) is 4.38. The van der Waals surface area contributed by atoms with Crippen molar-refractivity contribution in [3.8, 4) is 0 Å². The van der Waals surface area contributed by atoms with Gasteiger partial charge < -0.3 is 9.09 Å². The van der Waals surface area contributed by atoms with Crippen LogP contribution >= 0.6 is 0 Å². The molecule has 0 aliphatic carbocycles. The highest BCUT2D eigenvalue weighted by molar-refractivity contribution is 5.04. The Kier molecular flexibility index (Phi) is 5.05. The summed E-state index contributed by atoms with van der Waals surface area (Å²) in [6, 6.07) is 0.0831. The van der Waals surface area contributed by atoms with Gasteiger partial charge in [0.15, 0.2) is 5.82 Å². The highest BCUT2D eigenvalue weighted by atomic mass is 16.5. The number of aryl methyl sites for hydroxylation is 2. The lowest BCUT2D eigenvalue weighted by Crippen LogP contribution is -2.26. The first-order valence-corrected chi connectivity index (χ1v) is 8.69. The molecule has 3 rings (SSSR count). The van der Waals surface area contributed by atoms with Crippen LogP contribution in [0.4, 0.5) is 0 Å². The summed E-state index contributed by atoms with van der Waals surface area (Å²) >= 11 is 0. The molecule has 0 radical (unpaired) electrons. The fourth-order valence-corrected chi connectivity index (χ4v) is 3.05. The van der Waals surface area contributed by atoms with Gasteiger partial charge in [-0.3, -0.25) is 5.32 Å². The van der Waals surface area contributed by atoms with Crippen molar-refractivity contribution in [3.63, 3.8) is 0 Å². The molecule has 0 spiro atoms. The second-order valence-corrected chi connectivity index (χ2v) is 6.35. The third kappa shape index (κ3) is 3.60. The van der Waals surface area contributed by atoms with E-state index < -0.39 is 0 Å². The van der Waals surface area contributed by atoms with Crippen LogP contribution in [0.15, 0.2) is 4.52 Å². The van der Waals surface area contributed by atoms with E-state index in [1.165, 1.54) is 12.8 Å². The minimum absolute atomic E-state index is 0.00980. The summed E-state index contributed by atoms with van der Waals surface area (Å²) in [4.78, 5) is 4.49. The van der Waals surface area contributed by atoms with Crippen LogP contribution in [0, 0.1) is 0 Å². The fourth-order valence-electron chi connectivity index (χ4n) is 3.05. The summed E-state index contributed by atoms with van der Waals surface area (Å²) in [5.74, 6) is 3.54. The van der Waals surface area contributed by atoms with E-state index in [1.807, 2.05) is 6.92 Å². The van der Waals surface area contributed by atoms with Gasteiger partial charge >= 0.3 is 0 Å². The van der Waals surface area contributed by atoms with Crippen LogP contribution < -0.4 is 5.32 Å². The number of nitrogens with zero attached hydrogens (tertiary/aromatic N) is 5. The summed E-state index contributed by atoms with van der Waals surface area (Å²) < 4.78 is 7.63. The van der Waals surface area contributed by atoms with Crippen LogP contribution in [-0.2, 0) is 19.4 Å². The first-order valence-electron chi connectivity index (χ1n) is 8.69. The van der Waals surface area contributed by atoms with E-state index in [2.05, 4.69) is 44.1 Å². The molecule has 0 amide bonds. The largest absolute Gasteiger partial charge is 0.338 e. The van der Waals surface area contributed by atoms with Crippen molar-refractivity contribution in [2.45, 2.75) is 77.9 Å². The van der Waals surface area contributed by atoms with Gasteiger partial charge in [-0.1, -0.05) is 18.5 Å². The van der Waals surface area contributed by atoms with E-state index in [-0.39, 0.29) is 12.1 Å². The van der Waals surface area contributed by atoms with Crippen LogP contribution in [0.25, 0.3) is 0 Å². The van der Waals surface area contributed by atoms with Crippen LogP contribution in [0.2, 0.25) is 0 Å². The molecule has 0 bridgehead atoms. The summed E-state index contributed by atoms with van der Waals surface area (Å²) in [7, 11) is 0. The zero-order chi connectivity index (χ0) is 16.2. The summed E-state index contributed by atoms with van der Waals surface area (Å²) in [5, 5.41) is 16.2. The minimum atomic E-state index is -0.00980. The van der Waals surface area contributed by atoms with Gasteiger partial charge in [0.1, 0.15) is 11.6 Å². The van der Waals surface area contributed by atoms with Crippen LogP contribution in [-0.4, -0.2) is 24.9 Å². The summed E-state index contributed by atoms with van der Waals surface area (Å²) in [6.07, 6.45) is 6.53. The van der Waals surface area contributed by atoms with E-state index in [0.29, 0.717) is 5.89 Å². The smallest absolute Gasteiger partial charge is 0.243 e. The van der Waals surface area contributed by atoms with Crippen molar-refractivity contribution in [2.24, 2.45) is 0 Å². The van der Waals surface area contributed by atoms with Crippen LogP contribution in [0.5, 0.6) is 0 Å². The van der Waals surface area contributed by atoms with Crippen LogP contribution in [0.1, 0.15) is 81.9 Å². The summed E-state index contributed by atoms with van der Waals surface area (Å²) in [6.45, 7) is 7.32. The normalized spacial score (nSPS) is 17.0. The number of aromatic nitrogens is 5. The lowest BCUT2D eigenvalue weighted by molar-refractivity contribution is 0.320. The molecule has 0 aromatic carbocycles. The predicted molar refractivity (Wildman–Crippen MR) is 85.8 cm³/mol. The van der Waals surface area contributed by atoms with Crippen molar-refractivity contribution in [2.75, 3.05) is 0 Å². The Morgan fingerprint density at radius 2 is 2.09 bits per heavy atom. The fraction of sp³-hybridized carbons (Fsp3) is 0.750. The molecule has 7 nitrogen and oxygen atoms in total. The predicted octanol–water partition coefficient (Wildman–Crippen LogP) is 2.75. The Balaban J connectivity index is 1.64. The molecule has 7 heteroatoms. The third-order valence-electron chi connectivity index (χ3n) is 4.38. The quantitative estimate of drug-likeness (QED) is 0.845. The maximum Gasteiger partial charge on any atom is 0.243 e. The number of fused-ring (bicyclic) bond motifs is 1. The summed E-state index contributed by atoms with van der Waals surface area (Å²) in [5.41, 5.74) is 0. The van der Waals surface area contributed by atoms with Gasteiger partial charge in [0.05, 0.1) is 12.1 Å². The van der Waals surface area contributed by atoms with Crippen molar-refractivity contribution in [1.29, 1.82) is 0 Å². The number of rotatable bonds is 7. The molecule has 2 atom stereocenters. The second kappa shape index (κ2) is 7.21. The molecule has 2 aromatic rings. The number of nitrogens with one attached hydrogen (secondary N) is 1. The zero-order valence-electron chi connectivity index (χ0n) is 14.2. The zero-order valence-corrected chi connectivity index (χ0v) is 14.2. The van der Waals surface area contributed by atoms with Gasteiger partial charge in [-0.2, -0.15) is 4.98 Å². The van der Waals surface area contributed by atoms with E-state index in [1.54, 1.807) is 0 Å². The monoisotopic (exact) mass is 318 g/mol. The molecule has 0 saturated heterocycles. The Hall–Kier alpha value is -1.76. The Labute approximate surface area is 136 Å². The number of unbranched alkanes of at least 4 members (excludes halogenated alkanes) is 1. The molecular weight excluding hydrogens is 292 g/mol. The Morgan fingerprint density at radius 1 is 1.22 bits per heavy atom. The lowest BCUT2D eigenvalue weighted by atomic mass is 10.1. The molecule has 1 aliphatic heterocycles. The molecule has 0 unspecified atom stereocenters. The van der Waals surface area contributed by atoms with E-state index >= 15 is 0 Å². The van der Waals surface area contributed by atoms with Gasteiger partial charge in [-0.25, -0.2) is 0 Å². The first-order chi connectivity index (χ1) is 11.2. The van der Waals surface area contributed by atoms with E-state index in [9.17, 15) is 0 Å². The average Bonchev–Trinajstić information content (AvgIpc) is 3.19. The van der Waals surface area contributed by atoms with Gasteiger partial charge in [0, 0.05) is 19.4 Å². The van der Waals surface area contributed by atoms with Gasteiger partial charge in [0.2, 0.25) is 5.89 Å². The van der Waals surface area contributed by atoms with Crippen molar-refractivity contribution >= 4 is 0 Å². The van der Waals surface area contributed by atoms with Gasteiger partial charge in [-0.15, -0.1) is 10.2 Å². The second-order valence-electron chi connectivity index (χ2n) is 6.35. The first kappa shape index (κ1) is 16.1. The highest BCUT2D eigenvalue weighted by Crippen LogP contribution is 2.21. The van der Waals surface area contributed by atoms with Gasteiger partial charge in [-0.05, 0) is 33.1 Å². The maximum absolute atomic E-state index is 5.39. The standard InChI is InChI=1S/C16H26N6O/c1-4-5-8-13-18-16(23-21-13)12(3)17-11(2)15-20-19-14-9-6-7-10-22(14)15/h11-12,17H,4-10H2,1-3H3/t11-,12-/m1/s1. The van der Waals surface area contributed by atoms with Crippen LogP contribution in [0.3, 0.4) is 0 Å². The molecule has 0 saturated carbocycles. The number of hydrogen-bond acceptors (Lipinski definition) is 6. The van der Waals surface area contributed by atoms with E-state index in [0.717, 1.165) is 49.7 Å². The van der Waals surface area contributed by atoms with Gasteiger partial charge in [0.25, 0.3) is 0 Å². The highest BCUT2D eigenvalue weighted by Gasteiger charge is 2.23. The lowest BCUT2D eigenvalue weighted by Gasteiger charge is -2.20. The molecule has 3 heterocycles. The molecule has 126 valence electrons. The molecule has 1 N–H and O–H groups in total. The molecule has 23 heavy (non-hydrogen) atoms. The van der Waals surface area contributed by atoms with Crippen molar-refractivity contribution in [3.05, 3.63) is 23.4 Å². The molecule has 2 aromatic heterocycles. The average molecular weight is 318 g/mol. The van der Waals surface area contributed by atoms with Crippen molar-refractivity contribution in [1.82, 2.24) is 30.2 Å². The van der Waals surface area contributed by atoms with E-state index in [4.69, 9.17) is 4.52 Å². The Morgan fingerprint density at radius 3 is 2.91 bits per heavy atom. The van der Waals surface area contributed by atoms with Crippen molar-refractivity contribution < 1.29 is 4.52 Å².